The molecule has 0 aliphatic carbocycles. The van der Waals surface area contributed by atoms with Gasteiger partial charge in [0.2, 0.25) is 5.91 Å². The zero-order valence-electron chi connectivity index (χ0n) is 13.7. The SMILES string of the molecule is O=C(Nc1cccc2cnccc12)[C@@H]1CCN(c2ccccc2Cl)C1. The van der Waals surface area contributed by atoms with Crippen molar-refractivity contribution in [3.05, 3.63) is 65.9 Å². The molecule has 0 bridgehead atoms. The number of hydrogen-bond acceptors (Lipinski definition) is 3. The van der Waals surface area contributed by atoms with Crippen molar-refractivity contribution in [2.24, 2.45) is 5.92 Å². The Morgan fingerprint density at radius 1 is 1.16 bits per heavy atom. The third-order valence-corrected chi connectivity index (χ3v) is 5.01. The number of aromatic nitrogens is 1. The Labute approximate surface area is 151 Å². The van der Waals surface area contributed by atoms with E-state index in [0.29, 0.717) is 6.54 Å². The molecule has 1 amide bonds. The lowest BCUT2D eigenvalue weighted by Crippen LogP contribution is -2.27. The van der Waals surface area contributed by atoms with E-state index in [-0.39, 0.29) is 11.8 Å². The van der Waals surface area contributed by atoms with Crippen molar-refractivity contribution in [2.75, 3.05) is 23.3 Å². The largest absolute Gasteiger partial charge is 0.370 e. The van der Waals surface area contributed by atoms with Crippen LogP contribution in [0.5, 0.6) is 0 Å². The smallest absolute Gasteiger partial charge is 0.229 e. The van der Waals surface area contributed by atoms with Gasteiger partial charge in [-0.25, -0.2) is 0 Å². The molecule has 0 saturated carbocycles. The van der Waals surface area contributed by atoms with E-state index in [1.165, 1.54) is 0 Å². The molecule has 4 rings (SSSR count). The van der Waals surface area contributed by atoms with Crippen LogP contribution in [0.3, 0.4) is 0 Å². The van der Waals surface area contributed by atoms with E-state index in [4.69, 9.17) is 11.6 Å². The summed E-state index contributed by atoms with van der Waals surface area (Å²) in [6.45, 7) is 1.52. The number of carbonyl (C=O) groups is 1. The molecule has 1 fully saturated rings. The second kappa shape index (κ2) is 6.73. The summed E-state index contributed by atoms with van der Waals surface area (Å²) in [5, 5.41) is 5.84. The minimum atomic E-state index is -0.0478. The Morgan fingerprint density at radius 3 is 2.92 bits per heavy atom. The number of pyridine rings is 1. The van der Waals surface area contributed by atoms with Gasteiger partial charge in [-0.1, -0.05) is 35.9 Å². The molecule has 0 radical (unpaired) electrons. The highest BCUT2D eigenvalue weighted by molar-refractivity contribution is 6.33. The van der Waals surface area contributed by atoms with Gasteiger partial charge in [0, 0.05) is 41.9 Å². The first-order valence-electron chi connectivity index (χ1n) is 8.35. The van der Waals surface area contributed by atoms with Crippen molar-refractivity contribution in [3.63, 3.8) is 0 Å². The molecule has 5 heteroatoms. The fourth-order valence-corrected chi connectivity index (χ4v) is 3.62. The van der Waals surface area contributed by atoms with Crippen molar-refractivity contribution in [1.82, 2.24) is 4.98 Å². The minimum absolute atomic E-state index is 0.0478. The first-order valence-corrected chi connectivity index (χ1v) is 8.73. The first kappa shape index (κ1) is 15.9. The number of hydrogen-bond donors (Lipinski definition) is 1. The summed E-state index contributed by atoms with van der Waals surface area (Å²) in [6, 6.07) is 15.6. The van der Waals surface area contributed by atoms with Gasteiger partial charge in [-0.2, -0.15) is 0 Å². The molecule has 1 saturated heterocycles. The highest BCUT2D eigenvalue weighted by Crippen LogP contribution is 2.31. The van der Waals surface area contributed by atoms with Gasteiger partial charge >= 0.3 is 0 Å². The predicted molar refractivity (Wildman–Crippen MR) is 102 cm³/mol. The van der Waals surface area contributed by atoms with E-state index >= 15 is 0 Å². The van der Waals surface area contributed by atoms with Gasteiger partial charge in [-0.05, 0) is 30.7 Å². The number of nitrogens with one attached hydrogen (secondary N) is 1. The summed E-state index contributed by atoms with van der Waals surface area (Å²) in [7, 11) is 0. The lowest BCUT2D eigenvalue weighted by Gasteiger charge is -2.20. The zero-order chi connectivity index (χ0) is 17.2. The molecule has 2 aromatic carbocycles. The number of carbonyl (C=O) groups excluding carboxylic acids is 1. The third-order valence-electron chi connectivity index (χ3n) is 4.69. The number of fused-ring (bicyclic) bond motifs is 1. The second-order valence-electron chi connectivity index (χ2n) is 6.27. The van der Waals surface area contributed by atoms with Gasteiger partial charge < -0.3 is 10.2 Å². The van der Waals surface area contributed by atoms with Gasteiger partial charge in [0.25, 0.3) is 0 Å². The lowest BCUT2D eigenvalue weighted by molar-refractivity contribution is -0.119. The van der Waals surface area contributed by atoms with E-state index in [2.05, 4.69) is 15.2 Å². The average Bonchev–Trinajstić information content (AvgIpc) is 3.12. The summed E-state index contributed by atoms with van der Waals surface area (Å²) in [5.74, 6) is 0.00670. The summed E-state index contributed by atoms with van der Waals surface area (Å²) in [4.78, 5) is 19.0. The monoisotopic (exact) mass is 351 g/mol. The molecule has 1 aliphatic heterocycles. The molecule has 3 aromatic rings. The minimum Gasteiger partial charge on any atom is -0.370 e. The predicted octanol–water partition coefficient (Wildman–Crippen LogP) is 4.35. The molecular formula is C20H18ClN3O. The van der Waals surface area contributed by atoms with E-state index in [9.17, 15) is 4.79 Å². The van der Waals surface area contributed by atoms with Crippen LogP contribution in [0, 0.1) is 5.92 Å². The first-order chi connectivity index (χ1) is 12.2. The Bertz CT molecular complexity index is 922. The fourth-order valence-electron chi connectivity index (χ4n) is 3.37. The molecule has 4 nitrogen and oxygen atoms in total. The summed E-state index contributed by atoms with van der Waals surface area (Å²) in [6.07, 6.45) is 4.37. The molecule has 0 spiro atoms. The topological polar surface area (TPSA) is 45.2 Å². The molecule has 1 atom stereocenters. The number of benzene rings is 2. The normalized spacial score (nSPS) is 17.0. The van der Waals surface area contributed by atoms with Crippen molar-refractivity contribution >= 4 is 39.7 Å². The summed E-state index contributed by atoms with van der Waals surface area (Å²) < 4.78 is 0. The Hall–Kier alpha value is -2.59. The molecule has 1 N–H and O–H groups in total. The molecule has 25 heavy (non-hydrogen) atoms. The van der Waals surface area contributed by atoms with Gasteiger partial charge in [0.05, 0.1) is 16.6 Å². The maximum Gasteiger partial charge on any atom is 0.229 e. The van der Waals surface area contributed by atoms with Crippen LogP contribution in [-0.4, -0.2) is 24.0 Å². The Balaban J connectivity index is 1.50. The third kappa shape index (κ3) is 3.17. The van der Waals surface area contributed by atoms with Crippen molar-refractivity contribution in [2.45, 2.75) is 6.42 Å². The number of anilines is 2. The maximum absolute atomic E-state index is 12.7. The van der Waals surface area contributed by atoms with Crippen LogP contribution in [0.1, 0.15) is 6.42 Å². The van der Waals surface area contributed by atoms with Crippen molar-refractivity contribution in [1.29, 1.82) is 0 Å². The standard InChI is InChI=1S/C20H18ClN3O/c21-17-5-1-2-7-19(17)24-11-9-15(13-24)20(25)23-18-6-3-4-14-12-22-10-8-16(14)18/h1-8,10,12,15H,9,11,13H2,(H,23,25)/t15-/m1/s1. The van der Waals surface area contributed by atoms with Gasteiger partial charge in [0.1, 0.15) is 0 Å². The highest BCUT2D eigenvalue weighted by Gasteiger charge is 2.29. The number of amides is 1. The van der Waals surface area contributed by atoms with Crippen LogP contribution in [-0.2, 0) is 4.79 Å². The van der Waals surface area contributed by atoms with Crippen LogP contribution in [0.2, 0.25) is 5.02 Å². The molecular weight excluding hydrogens is 334 g/mol. The zero-order valence-corrected chi connectivity index (χ0v) is 14.4. The molecule has 1 aromatic heterocycles. The fraction of sp³-hybridized carbons (Fsp3) is 0.200. The molecule has 0 unspecified atom stereocenters. The number of para-hydroxylation sites is 1. The molecule has 126 valence electrons. The van der Waals surface area contributed by atoms with Crippen LogP contribution in [0.4, 0.5) is 11.4 Å². The van der Waals surface area contributed by atoms with E-state index in [0.717, 1.165) is 40.1 Å². The Morgan fingerprint density at radius 2 is 2.04 bits per heavy atom. The van der Waals surface area contributed by atoms with E-state index < -0.39 is 0 Å². The number of nitrogens with zero attached hydrogens (tertiary/aromatic N) is 2. The van der Waals surface area contributed by atoms with E-state index in [1.54, 1.807) is 12.4 Å². The van der Waals surface area contributed by atoms with Gasteiger partial charge in [-0.3, -0.25) is 9.78 Å². The number of rotatable bonds is 3. The summed E-state index contributed by atoms with van der Waals surface area (Å²) in [5.41, 5.74) is 1.83. The quantitative estimate of drug-likeness (QED) is 0.762. The Kier molecular flexibility index (Phi) is 4.28. The van der Waals surface area contributed by atoms with E-state index in [1.807, 2.05) is 48.5 Å². The van der Waals surface area contributed by atoms with Gasteiger partial charge in [0.15, 0.2) is 0 Å². The average molecular weight is 352 g/mol. The van der Waals surface area contributed by atoms with Gasteiger partial charge in [-0.15, -0.1) is 0 Å². The highest BCUT2D eigenvalue weighted by atomic mass is 35.5. The lowest BCUT2D eigenvalue weighted by atomic mass is 10.1. The summed E-state index contributed by atoms with van der Waals surface area (Å²) >= 11 is 6.28. The van der Waals surface area contributed by atoms with Crippen LogP contribution >= 0.6 is 11.6 Å². The van der Waals surface area contributed by atoms with Crippen molar-refractivity contribution < 1.29 is 4.79 Å². The second-order valence-corrected chi connectivity index (χ2v) is 6.68. The molecule has 2 heterocycles. The van der Waals surface area contributed by atoms with Crippen molar-refractivity contribution in [3.8, 4) is 0 Å². The maximum atomic E-state index is 12.7. The number of halogens is 1. The van der Waals surface area contributed by atoms with Crippen LogP contribution in [0.25, 0.3) is 10.8 Å². The van der Waals surface area contributed by atoms with Crippen LogP contribution < -0.4 is 10.2 Å². The molecule has 1 aliphatic rings. The van der Waals surface area contributed by atoms with Crippen LogP contribution in [0.15, 0.2) is 60.9 Å².